The maximum absolute atomic E-state index is 13.7. The number of rotatable bonds is 5. The first kappa shape index (κ1) is 18.4. The summed E-state index contributed by atoms with van der Waals surface area (Å²) >= 11 is 6.27. The van der Waals surface area contributed by atoms with Gasteiger partial charge >= 0.3 is 0 Å². The fraction of sp³-hybridized carbons (Fsp3) is 0.263. The van der Waals surface area contributed by atoms with Crippen LogP contribution in [-0.2, 0) is 13.6 Å². The van der Waals surface area contributed by atoms with E-state index >= 15 is 0 Å². The van der Waals surface area contributed by atoms with Crippen LogP contribution in [-0.4, -0.2) is 24.7 Å². The van der Waals surface area contributed by atoms with E-state index in [1.165, 1.54) is 12.1 Å². The SMILES string of the molecule is C=C(c1cn(CC)nc1Cl)c1cn(C)nc1-c1ccc(F)cc1[C@@H](C)O. The van der Waals surface area contributed by atoms with Crippen LogP contribution in [0.25, 0.3) is 16.8 Å². The van der Waals surface area contributed by atoms with Crippen LogP contribution in [0, 0.1) is 5.82 Å². The molecule has 7 heteroatoms. The van der Waals surface area contributed by atoms with Crippen LogP contribution >= 0.6 is 11.6 Å². The molecular weight excluding hydrogens is 355 g/mol. The van der Waals surface area contributed by atoms with Gasteiger partial charge in [-0.2, -0.15) is 10.2 Å². The topological polar surface area (TPSA) is 55.9 Å². The molecule has 2 aromatic heterocycles. The Balaban J connectivity index is 2.15. The molecule has 2 heterocycles. The van der Waals surface area contributed by atoms with Gasteiger partial charge in [0.1, 0.15) is 11.5 Å². The van der Waals surface area contributed by atoms with Crippen molar-refractivity contribution in [3.8, 4) is 11.3 Å². The van der Waals surface area contributed by atoms with Gasteiger partial charge in [0.2, 0.25) is 0 Å². The zero-order valence-electron chi connectivity index (χ0n) is 14.9. The first-order chi connectivity index (χ1) is 12.3. The molecule has 0 bridgehead atoms. The predicted octanol–water partition coefficient (Wildman–Crippen LogP) is 4.21. The molecule has 3 rings (SSSR count). The first-order valence-electron chi connectivity index (χ1n) is 8.26. The smallest absolute Gasteiger partial charge is 0.158 e. The third kappa shape index (κ3) is 3.30. The zero-order valence-corrected chi connectivity index (χ0v) is 15.6. The fourth-order valence-electron chi connectivity index (χ4n) is 2.91. The standard InChI is InChI=1S/C19H20ClFN4O/c1-5-25-10-17(19(20)23-25)11(2)16-9-24(4)22-18(16)14-7-6-13(21)8-15(14)12(3)26/h6-10,12,26H,2,5H2,1,3-4H3/t12-/m1/s1. The Bertz CT molecular complexity index is 974. The Morgan fingerprint density at radius 2 is 2.04 bits per heavy atom. The molecule has 3 aromatic rings. The Morgan fingerprint density at radius 3 is 2.65 bits per heavy atom. The maximum Gasteiger partial charge on any atom is 0.158 e. The van der Waals surface area contributed by atoms with Crippen molar-refractivity contribution in [2.24, 2.45) is 7.05 Å². The van der Waals surface area contributed by atoms with Gasteiger partial charge in [0, 0.05) is 42.7 Å². The molecule has 0 radical (unpaired) electrons. The highest BCUT2D eigenvalue weighted by atomic mass is 35.5. The van der Waals surface area contributed by atoms with Crippen molar-refractivity contribution in [2.45, 2.75) is 26.5 Å². The minimum Gasteiger partial charge on any atom is -0.389 e. The van der Waals surface area contributed by atoms with Gasteiger partial charge in [-0.15, -0.1) is 0 Å². The largest absolute Gasteiger partial charge is 0.389 e. The molecule has 0 fully saturated rings. The molecule has 0 aliphatic carbocycles. The molecule has 1 atom stereocenters. The summed E-state index contributed by atoms with van der Waals surface area (Å²) in [7, 11) is 1.79. The molecule has 0 spiro atoms. The highest BCUT2D eigenvalue weighted by Crippen LogP contribution is 2.36. The quantitative estimate of drug-likeness (QED) is 0.727. The van der Waals surface area contributed by atoms with E-state index in [-0.39, 0.29) is 0 Å². The second kappa shape index (κ2) is 7.05. The zero-order chi connectivity index (χ0) is 19.0. The highest BCUT2D eigenvalue weighted by molar-refractivity contribution is 6.31. The van der Waals surface area contributed by atoms with E-state index in [0.717, 1.165) is 5.56 Å². The molecule has 136 valence electrons. The fourth-order valence-corrected chi connectivity index (χ4v) is 3.17. The van der Waals surface area contributed by atoms with Crippen LogP contribution in [0.3, 0.4) is 0 Å². The van der Waals surface area contributed by atoms with E-state index in [1.54, 1.807) is 29.4 Å². The monoisotopic (exact) mass is 374 g/mol. The van der Waals surface area contributed by atoms with Crippen molar-refractivity contribution in [1.29, 1.82) is 0 Å². The summed E-state index contributed by atoms with van der Waals surface area (Å²) in [4.78, 5) is 0. The van der Waals surface area contributed by atoms with E-state index in [9.17, 15) is 9.50 Å². The van der Waals surface area contributed by atoms with E-state index in [1.807, 2.05) is 19.3 Å². The van der Waals surface area contributed by atoms with Crippen molar-refractivity contribution < 1.29 is 9.50 Å². The summed E-state index contributed by atoms with van der Waals surface area (Å²) < 4.78 is 17.1. The number of hydrogen-bond acceptors (Lipinski definition) is 3. The van der Waals surface area contributed by atoms with E-state index in [0.29, 0.717) is 39.7 Å². The summed E-state index contributed by atoms with van der Waals surface area (Å²) in [5.41, 5.74) is 3.85. The van der Waals surface area contributed by atoms with Gasteiger partial charge in [-0.05, 0) is 43.2 Å². The van der Waals surface area contributed by atoms with Gasteiger partial charge in [-0.25, -0.2) is 4.39 Å². The molecule has 0 saturated carbocycles. The molecular formula is C19H20ClFN4O. The first-order valence-corrected chi connectivity index (χ1v) is 8.63. The van der Waals surface area contributed by atoms with Crippen molar-refractivity contribution in [3.05, 3.63) is 64.8 Å². The number of halogens is 2. The molecule has 26 heavy (non-hydrogen) atoms. The molecule has 0 aliphatic rings. The van der Waals surface area contributed by atoms with Crippen LogP contribution < -0.4 is 0 Å². The molecule has 5 nitrogen and oxygen atoms in total. The molecule has 0 unspecified atom stereocenters. The van der Waals surface area contributed by atoms with Crippen molar-refractivity contribution >= 4 is 17.2 Å². The third-order valence-corrected chi connectivity index (χ3v) is 4.52. The number of benzene rings is 1. The lowest BCUT2D eigenvalue weighted by Gasteiger charge is -2.12. The molecule has 1 aromatic carbocycles. The molecule has 0 saturated heterocycles. The van der Waals surface area contributed by atoms with E-state index < -0.39 is 11.9 Å². The van der Waals surface area contributed by atoms with Crippen molar-refractivity contribution in [2.75, 3.05) is 0 Å². The molecule has 0 aliphatic heterocycles. The van der Waals surface area contributed by atoms with Gasteiger partial charge in [-0.1, -0.05) is 18.2 Å². The van der Waals surface area contributed by atoms with Gasteiger partial charge in [0.25, 0.3) is 0 Å². The Kier molecular flexibility index (Phi) is 4.98. The lowest BCUT2D eigenvalue weighted by Crippen LogP contribution is -1.99. The summed E-state index contributed by atoms with van der Waals surface area (Å²) in [5, 5.41) is 19.2. The summed E-state index contributed by atoms with van der Waals surface area (Å²) in [5.74, 6) is -0.409. The highest BCUT2D eigenvalue weighted by Gasteiger charge is 2.21. The Morgan fingerprint density at radius 1 is 1.31 bits per heavy atom. The third-order valence-electron chi connectivity index (χ3n) is 4.24. The van der Waals surface area contributed by atoms with E-state index in [2.05, 4.69) is 16.8 Å². The van der Waals surface area contributed by atoms with Crippen molar-refractivity contribution in [1.82, 2.24) is 19.6 Å². The number of aryl methyl sites for hydroxylation is 2. The summed E-state index contributed by atoms with van der Waals surface area (Å²) in [6, 6.07) is 4.29. The Hall–Kier alpha value is -2.44. The summed E-state index contributed by atoms with van der Waals surface area (Å²) in [6.07, 6.45) is 2.82. The van der Waals surface area contributed by atoms with Gasteiger partial charge < -0.3 is 5.11 Å². The second-order valence-electron chi connectivity index (χ2n) is 6.14. The minimum absolute atomic E-state index is 0.363. The van der Waals surface area contributed by atoms with Gasteiger partial charge in [0.05, 0.1) is 6.10 Å². The number of aliphatic hydroxyl groups is 1. The van der Waals surface area contributed by atoms with Crippen LogP contribution in [0.1, 0.15) is 36.6 Å². The predicted molar refractivity (Wildman–Crippen MR) is 100 cm³/mol. The normalized spacial score (nSPS) is 12.4. The average Bonchev–Trinajstić information content (AvgIpc) is 3.16. The van der Waals surface area contributed by atoms with Crippen LogP contribution in [0.4, 0.5) is 4.39 Å². The second-order valence-corrected chi connectivity index (χ2v) is 6.50. The number of aromatic nitrogens is 4. The van der Waals surface area contributed by atoms with Gasteiger partial charge in [-0.3, -0.25) is 9.36 Å². The van der Waals surface area contributed by atoms with Crippen LogP contribution in [0.5, 0.6) is 0 Å². The lowest BCUT2D eigenvalue weighted by atomic mass is 9.94. The number of nitrogens with zero attached hydrogens (tertiary/aromatic N) is 4. The maximum atomic E-state index is 13.7. The molecule has 0 amide bonds. The van der Waals surface area contributed by atoms with Crippen LogP contribution in [0.15, 0.2) is 37.2 Å². The van der Waals surface area contributed by atoms with Crippen LogP contribution in [0.2, 0.25) is 5.15 Å². The van der Waals surface area contributed by atoms with E-state index in [4.69, 9.17) is 11.6 Å². The van der Waals surface area contributed by atoms with Crippen molar-refractivity contribution in [3.63, 3.8) is 0 Å². The lowest BCUT2D eigenvalue weighted by molar-refractivity contribution is 0.199. The number of hydrogen-bond donors (Lipinski definition) is 1. The summed E-state index contributed by atoms with van der Waals surface area (Å²) in [6.45, 7) is 8.43. The number of aliphatic hydroxyl groups excluding tert-OH is 1. The minimum atomic E-state index is -0.838. The Labute approximate surface area is 156 Å². The van der Waals surface area contributed by atoms with Gasteiger partial charge in [0.15, 0.2) is 5.15 Å². The average molecular weight is 375 g/mol. The molecule has 1 N–H and O–H groups in total.